The quantitative estimate of drug-likeness (QED) is 0.829. The van der Waals surface area contributed by atoms with E-state index in [0.717, 1.165) is 16.8 Å². The van der Waals surface area contributed by atoms with Crippen molar-refractivity contribution in [1.82, 2.24) is 5.16 Å². The molecule has 4 heterocycles. The summed E-state index contributed by atoms with van der Waals surface area (Å²) in [4.78, 5) is 27.9. The third kappa shape index (κ3) is 2.43. The molecule has 3 aliphatic rings. The highest BCUT2D eigenvalue weighted by atomic mass is 16.5. The zero-order valence-corrected chi connectivity index (χ0v) is 15.9. The molecule has 2 bridgehead atoms. The number of benzene rings is 1. The minimum Gasteiger partial charge on any atom is -0.360 e. The molecule has 1 spiro atoms. The number of nitrogens with zero attached hydrogens (tertiary/aromatic N) is 2. The monoisotopic (exact) mass is 379 g/mol. The molecule has 0 aliphatic carbocycles. The number of rotatable bonds is 3. The summed E-state index contributed by atoms with van der Waals surface area (Å²) < 4.78 is 11.3. The average molecular weight is 379 g/mol. The summed E-state index contributed by atoms with van der Waals surface area (Å²) in [6, 6.07) is 7.61. The zero-order valence-electron chi connectivity index (χ0n) is 15.9. The molecule has 2 amide bonds. The van der Waals surface area contributed by atoms with E-state index in [0.29, 0.717) is 18.1 Å². The molecule has 144 valence electrons. The van der Waals surface area contributed by atoms with Crippen LogP contribution in [0.4, 0.5) is 11.5 Å². The second kappa shape index (κ2) is 5.78. The molecule has 7 heteroatoms. The van der Waals surface area contributed by atoms with E-state index in [4.69, 9.17) is 9.26 Å². The fourth-order valence-corrected chi connectivity index (χ4v) is 4.74. The van der Waals surface area contributed by atoms with Crippen LogP contribution in [0.5, 0.6) is 0 Å². The zero-order chi connectivity index (χ0) is 19.6. The number of hydrogen-bond donors (Lipinski definition) is 1. The Balaban J connectivity index is 1.44. The Hall–Kier alpha value is -2.93. The van der Waals surface area contributed by atoms with Crippen LogP contribution >= 0.6 is 0 Å². The number of hydrogen-bond acceptors (Lipinski definition) is 5. The van der Waals surface area contributed by atoms with Crippen LogP contribution in [0.2, 0.25) is 0 Å². The number of aromatic nitrogens is 1. The highest BCUT2D eigenvalue weighted by Crippen LogP contribution is 2.52. The van der Waals surface area contributed by atoms with Crippen molar-refractivity contribution in [2.75, 3.05) is 16.8 Å². The molecule has 1 aromatic heterocycles. The van der Waals surface area contributed by atoms with Crippen molar-refractivity contribution in [2.24, 2.45) is 11.8 Å². The van der Waals surface area contributed by atoms with Crippen LogP contribution in [-0.2, 0) is 14.3 Å². The first-order chi connectivity index (χ1) is 13.4. The smallest absolute Gasteiger partial charge is 0.235 e. The lowest BCUT2D eigenvalue weighted by atomic mass is 9.76. The Bertz CT molecular complexity index is 1010. The van der Waals surface area contributed by atoms with Crippen molar-refractivity contribution in [3.05, 3.63) is 53.3 Å². The van der Waals surface area contributed by atoms with E-state index in [2.05, 4.69) is 10.5 Å². The van der Waals surface area contributed by atoms with Crippen molar-refractivity contribution in [3.63, 3.8) is 0 Å². The number of carbonyl (C=O) groups is 2. The van der Waals surface area contributed by atoms with Gasteiger partial charge in [0, 0.05) is 11.8 Å². The van der Waals surface area contributed by atoms with Gasteiger partial charge in [0.2, 0.25) is 11.8 Å². The molecule has 4 atom stereocenters. The van der Waals surface area contributed by atoms with Gasteiger partial charge in [-0.3, -0.25) is 14.5 Å². The predicted molar refractivity (Wildman–Crippen MR) is 102 cm³/mol. The molecular formula is C21H21N3O4. The van der Waals surface area contributed by atoms with Gasteiger partial charge in [-0.25, -0.2) is 0 Å². The minimum atomic E-state index is -0.779. The van der Waals surface area contributed by atoms with Crippen molar-refractivity contribution in [3.8, 4) is 0 Å². The van der Waals surface area contributed by atoms with Crippen molar-refractivity contribution < 1.29 is 18.8 Å². The van der Waals surface area contributed by atoms with Gasteiger partial charge in [-0.15, -0.1) is 0 Å². The lowest BCUT2D eigenvalue weighted by Crippen LogP contribution is -2.41. The number of carbonyl (C=O) groups excluding carboxylic acids is 2. The highest BCUT2D eigenvalue weighted by Gasteiger charge is 2.67. The fraction of sp³-hybridized carbons (Fsp3) is 0.381. The Morgan fingerprint density at radius 1 is 1.21 bits per heavy atom. The van der Waals surface area contributed by atoms with E-state index in [1.54, 1.807) is 17.9 Å². The van der Waals surface area contributed by atoms with Crippen LogP contribution in [0, 0.1) is 32.6 Å². The SMILES string of the molecule is Cc1cc(C)cc(NC(=O)[C@H]2[C@@H]3C=C[C@@]4(CN(c5cc(C)on5)C(=O)[C@H]24)O3)c1. The Morgan fingerprint density at radius 2 is 1.96 bits per heavy atom. The van der Waals surface area contributed by atoms with Crippen LogP contribution in [-0.4, -0.2) is 35.2 Å². The molecule has 2 fully saturated rings. The first-order valence-corrected chi connectivity index (χ1v) is 9.37. The Morgan fingerprint density at radius 3 is 2.64 bits per heavy atom. The van der Waals surface area contributed by atoms with Gasteiger partial charge in [0.25, 0.3) is 0 Å². The first-order valence-electron chi connectivity index (χ1n) is 9.37. The number of amides is 2. The number of aryl methyl sites for hydroxylation is 3. The maximum Gasteiger partial charge on any atom is 0.235 e. The summed E-state index contributed by atoms with van der Waals surface area (Å²) in [6.45, 7) is 6.08. The van der Waals surface area contributed by atoms with Crippen molar-refractivity contribution >= 4 is 23.3 Å². The molecular weight excluding hydrogens is 358 g/mol. The van der Waals surface area contributed by atoms with Gasteiger partial charge in [-0.2, -0.15) is 0 Å². The topological polar surface area (TPSA) is 84.7 Å². The highest BCUT2D eigenvalue weighted by molar-refractivity contribution is 6.05. The van der Waals surface area contributed by atoms with Crippen LogP contribution < -0.4 is 10.2 Å². The summed E-state index contributed by atoms with van der Waals surface area (Å²) >= 11 is 0. The van der Waals surface area contributed by atoms with Gasteiger partial charge in [-0.1, -0.05) is 23.4 Å². The Labute approximate surface area is 162 Å². The Kier molecular flexibility index (Phi) is 3.55. The summed E-state index contributed by atoms with van der Waals surface area (Å²) in [5.74, 6) is -0.400. The van der Waals surface area contributed by atoms with Crippen LogP contribution in [0.1, 0.15) is 16.9 Å². The van der Waals surface area contributed by atoms with Gasteiger partial charge < -0.3 is 14.6 Å². The standard InChI is InChI=1S/C21H21N3O4/c1-11-6-12(2)8-14(7-11)22-19(25)17-15-4-5-21(27-15)10-24(20(26)18(17)21)16-9-13(3)28-23-16/h4-9,15,17-18H,10H2,1-3H3,(H,22,25)/t15-,17-,18-,21-/m0/s1. The normalized spacial score (nSPS) is 30.2. The van der Waals surface area contributed by atoms with E-state index in [1.807, 2.05) is 44.2 Å². The maximum absolute atomic E-state index is 13.2. The fourth-order valence-electron chi connectivity index (χ4n) is 4.74. The maximum atomic E-state index is 13.2. The van der Waals surface area contributed by atoms with Gasteiger partial charge in [0.1, 0.15) is 11.4 Å². The number of anilines is 2. The van der Waals surface area contributed by atoms with Gasteiger partial charge >= 0.3 is 0 Å². The van der Waals surface area contributed by atoms with Crippen LogP contribution in [0.15, 0.2) is 40.9 Å². The van der Waals surface area contributed by atoms with E-state index >= 15 is 0 Å². The predicted octanol–water partition coefficient (Wildman–Crippen LogP) is 2.52. The number of fused-ring (bicyclic) bond motifs is 1. The van der Waals surface area contributed by atoms with Crippen molar-refractivity contribution in [2.45, 2.75) is 32.5 Å². The summed E-state index contributed by atoms with van der Waals surface area (Å²) in [6.07, 6.45) is 3.43. The molecule has 0 saturated carbocycles. The largest absolute Gasteiger partial charge is 0.360 e. The molecule has 1 N–H and O–H groups in total. The molecule has 2 aromatic rings. The molecule has 3 aliphatic heterocycles. The van der Waals surface area contributed by atoms with Crippen LogP contribution in [0.3, 0.4) is 0 Å². The molecule has 0 radical (unpaired) electrons. The number of nitrogens with one attached hydrogen (secondary N) is 1. The molecule has 7 nitrogen and oxygen atoms in total. The van der Waals surface area contributed by atoms with Gasteiger partial charge in [0.05, 0.1) is 24.5 Å². The van der Waals surface area contributed by atoms with Crippen LogP contribution in [0.25, 0.3) is 0 Å². The van der Waals surface area contributed by atoms with Crippen molar-refractivity contribution in [1.29, 1.82) is 0 Å². The van der Waals surface area contributed by atoms with E-state index in [-0.39, 0.29) is 17.9 Å². The van der Waals surface area contributed by atoms with Gasteiger partial charge in [-0.05, 0) is 44.0 Å². The third-order valence-corrected chi connectivity index (χ3v) is 5.78. The van der Waals surface area contributed by atoms with E-state index in [9.17, 15) is 9.59 Å². The molecule has 1 aromatic carbocycles. The lowest BCUT2D eigenvalue weighted by molar-refractivity contribution is -0.128. The second-order valence-corrected chi connectivity index (χ2v) is 7.99. The summed E-state index contributed by atoms with van der Waals surface area (Å²) in [5, 5.41) is 6.94. The average Bonchev–Trinajstić information content (AvgIpc) is 3.35. The minimum absolute atomic E-state index is 0.152. The second-order valence-electron chi connectivity index (χ2n) is 7.99. The molecule has 0 unspecified atom stereocenters. The lowest BCUT2D eigenvalue weighted by Gasteiger charge is -2.23. The molecule has 28 heavy (non-hydrogen) atoms. The summed E-state index contributed by atoms with van der Waals surface area (Å²) in [7, 11) is 0. The summed E-state index contributed by atoms with van der Waals surface area (Å²) in [5.41, 5.74) is 2.09. The van der Waals surface area contributed by atoms with E-state index < -0.39 is 17.4 Å². The molecule has 5 rings (SSSR count). The number of ether oxygens (including phenoxy) is 1. The van der Waals surface area contributed by atoms with E-state index in [1.165, 1.54) is 0 Å². The van der Waals surface area contributed by atoms with Gasteiger partial charge in [0.15, 0.2) is 5.82 Å². The third-order valence-electron chi connectivity index (χ3n) is 5.78. The molecule has 2 saturated heterocycles. The first kappa shape index (κ1) is 17.2.